The van der Waals surface area contributed by atoms with Gasteiger partial charge in [0.1, 0.15) is 6.04 Å². The minimum atomic E-state index is -0.155. The van der Waals surface area contributed by atoms with Crippen molar-refractivity contribution in [1.29, 1.82) is 0 Å². The van der Waals surface area contributed by atoms with Crippen LogP contribution in [0.2, 0.25) is 0 Å². The summed E-state index contributed by atoms with van der Waals surface area (Å²) in [6.45, 7) is 6.39. The summed E-state index contributed by atoms with van der Waals surface area (Å²) in [6, 6.07) is 0.367. The van der Waals surface area contributed by atoms with Crippen molar-refractivity contribution >= 4 is 5.97 Å². The van der Waals surface area contributed by atoms with Gasteiger partial charge in [-0.15, -0.1) is 0 Å². The average molecular weight is 185 g/mol. The zero-order valence-corrected chi connectivity index (χ0v) is 8.67. The van der Waals surface area contributed by atoms with Gasteiger partial charge in [0.25, 0.3) is 0 Å². The van der Waals surface area contributed by atoms with Crippen LogP contribution < -0.4 is 5.32 Å². The Balaban J connectivity index is 2.17. The normalized spacial score (nSPS) is 29.2. The fourth-order valence-electron chi connectivity index (χ4n) is 1.73. The van der Waals surface area contributed by atoms with E-state index in [-0.39, 0.29) is 12.0 Å². The van der Waals surface area contributed by atoms with E-state index in [2.05, 4.69) is 12.2 Å². The second-order valence-electron chi connectivity index (χ2n) is 3.91. The van der Waals surface area contributed by atoms with Gasteiger partial charge < -0.3 is 10.1 Å². The summed E-state index contributed by atoms with van der Waals surface area (Å²) in [4.78, 5) is 11.2. The van der Waals surface area contributed by atoms with Gasteiger partial charge in [0.2, 0.25) is 0 Å². The van der Waals surface area contributed by atoms with E-state index < -0.39 is 0 Å². The Kier molecular flexibility index (Phi) is 3.72. The largest absolute Gasteiger partial charge is 0.465 e. The summed E-state index contributed by atoms with van der Waals surface area (Å²) in [5.74, 6) is 0.675. The molecule has 0 spiro atoms. The van der Waals surface area contributed by atoms with Crippen LogP contribution in [0.15, 0.2) is 0 Å². The van der Waals surface area contributed by atoms with Crippen LogP contribution in [0.3, 0.4) is 0 Å². The molecule has 0 aromatic carbocycles. The number of carbonyl (C=O) groups excluding carboxylic acids is 1. The molecule has 0 aliphatic heterocycles. The number of hydrogen-bond donors (Lipinski definition) is 1. The molecular formula is C10H19NO2. The molecule has 1 unspecified atom stereocenters. The molecule has 1 N–H and O–H groups in total. The number of ether oxygens (including phenoxy) is 1. The van der Waals surface area contributed by atoms with Crippen LogP contribution >= 0.6 is 0 Å². The number of hydrogen-bond acceptors (Lipinski definition) is 3. The predicted molar refractivity (Wildman–Crippen MR) is 51.4 cm³/mol. The Morgan fingerprint density at radius 2 is 2.23 bits per heavy atom. The van der Waals surface area contributed by atoms with Gasteiger partial charge in [0.15, 0.2) is 0 Å². The summed E-state index contributed by atoms with van der Waals surface area (Å²) in [7, 11) is 0. The first kappa shape index (κ1) is 10.5. The molecular weight excluding hydrogens is 166 g/mol. The fourth-order valence-corrected chi connectivity index (χ4v) is 1.73. The lowest BCUT2D eigenvalue weighted by molar-refractivity contribution is -0.145. The maximum absolute atomic E-state index is 11.2. The van der Waals surface area contributed by atoms with E-state index >= 15 is 0 Å². The molecule has 0 radical (unpaired) electrons. The number of carbonyl (C=O) groups is 1. The lowest BCUT2D eigenvalue weighted by Crippen LogP contribution is -2.48. The third-order valence-electron chi connectivity index (χ3n) is 2.50. The van der Waals surface area contributed by atoms with Crippen LogP contribution in [0.4, 0.5) is 0 Å². The van der Waals surface area contributed by atoms with Crippen LogP contribution in [-0.2, 0) is 9.53 Å². The van der Waals surface area contributed by atoms with Crippen molar-refractivity contribution in [2.24, 2.45) is 5.92 Å². The Morgan fingerprint density at radius 1 is 1.62 bits per heavy atom. The highest BCUT2D eigenvalue weighted by Crippen LogP contribution is 2.26. The lowest BCUT2D eigenvalue weighted by Gasteiger charge is -2.35. The smallest absolute Gasteiger partial charge is 0.322 e. The summed E-state index contributed by atoms with van der Waals surface area (Å²) in [5, 5.41) is 3.26. The molecule has 1 saturated carbocycles. The van der Waals surface area contributed by atoms with E-state index in [1.807, 2.05) is 13.8 Å². The van der Waals surface area contributed by atoms with E-state index in [4.69, 9.17) is 4.74 Å². The highest BCUT2D eigenvalue weighted by atomic mass is 16.5. The monoisotopic (exact) mass is 185 g/mol. The Hall–Kier alpha value is -0.570. The zero-order chi connectivity index (χ0) is 9.84. The van der Waals surface area contributed by atoms with Gasteiger partial charge in [-0.05, 0) is 32.6 Å². The Labute approximate surface area is 79.8 Å². The second-order valence-corrected chi connectivity index (χ2v) is 3.91. The molecule has 0 amide bonds. The number of rotatable bonds is 4. The van der Waals surface area contributed by atoms with Crippen LogP contribution in [0.1, 0.15) is 33.6 Å². The van der Waals surface area contributed by atoms with Crippen molar-refractivity contribution in [2.45, 2.75) is 45.7 Å². The van der Waals surface area contributed by atoms with Crippen molar-refractivity contribution in [2.75, 3.05) is 6.61 Å². The van der Waals surface area contributed by atoms with Crippen molar-refractivity contribution in [3.63, 3.8) is 0 Å². The maximum atomic E-state index is 11.2. The summed E-state index contributed by atoms with van der Waals surface area (Å²) < 4.78 is 4.90. The van der Waals surface area contributed by atoms with Crippen LogP contribution in [0, 0.1) is 5.92 Å². The second kappa shape index (κ2) is 4.61. The molecule has 0 heterocycles. The minimum absolute atomic E-state index is 0.137. The minimum Gasteiger partial charge on any atom is -0.465 e. The highest BCUT2D eigenvalue weighted by molar-refractivity contribution is 5.75. The van der Waals surface area contributed by atoms with E-state index in [1.165, 1.54) is 12.8 Å². The quantitative estimate of drug-likeness (QED) is 0.671. The van der Waals surface area contributed by atoms with Gasteiger partial charge >= 0.3 is 5.97 Å². The van der Waals surface area contributed by atoms with Crippen molar-refractivity contribution in [3.8, 4) is 0 Å². The van der Waals surface area contributed by atoms with E-state index in [0.29, 0.717) is 12.6 Å². The molecule has 1 fully saturated rings. The molecule has 1 aliphatic rings. The van der Waals surface area contributed by atoms with Crippen molar-refractivity contribution in [3.05, 3.63) is 0 Å². The molecule has 76 valence electrons. The molecule has 1 atom stereocenters. The molecule has 1 aliphatic carbocycles. The van der Waals surface area contributed by atoms with E-state index in [9.17, 15) is 4.79 Å². The van der Waals surface area contributed by atoms with Gasteiger partial charge in [-0.3, -0.25) is 4.79 Å². The molecule has 3 heteroatoms. The highest BCUT2D eigenvalue weighted by Gasteiger charge is 2.28. The molecule has 3 nitrogen and oxygen atoms in total. The molecule has 1 rings (SSSR count). The van der Waals surface area contributed by atoms with Crippen molar-refractivity contribution in [1.82, 2.24) is 5.32 Å². The first-order valence-corrected chi connectivity index (χ1v) is 5.06. The van der Waals surface area contributed by atoms with Gasteiger partial charge in [-0.1, -0.05) is 6.92 Å². The lowest BCUT2D eigenvalue weighted by atomic mass is 9.81. The summed E-state index contributed by atoms with van der Waals surface area (Å²) in [5.41, 5.74) is 0. The molecule has 0 aromatic rings. The first-order valence-electron chi connectivity index (χ1n) is 5.06. The van der Waals surface area contributed by atoms with Gasteiger partial charge in [0, 0.05) is 6.04 Å². The molecule has 0 aromatic heterocycles. The van der Waals surface area contributed by atoms with Gasteiger partial charge in [-0.25, -0.2) is 0 Å². The molecule has 0 saturated heterocycles. The zero-order valence-electron chi connectivity index (χ0n) is 8.67. The molecule has 0 bridgehead atoms. The fraction of sp³-hybridized carbons (Fsp3) is 0.900. The first-order chi connectivity index (χ1) is 6.13. The van der Waals surface area contributed by atoms with Gasteiger partial charge in [0.05, 0.1) is 6.61 Å². The third-order valence-corrected chi connectivity index (χ3v) is 2.50. The van der Waals surface area contributed by atoms with Crippen LogP contribution in [-0.4, -0.2) is 24.7 Å². The van der Waals surface area contributed by atoms with E-state index in [1.54, 1.807) is 0 Å². The van der Waals surface area contributed by atoms with Crippen molar-refractivity contribution < 1.29 is 9.53 Å². The van der Waals surface area contributed by atoms with Gasteiger partial charge in [-0.2, -0.15) is 0 Å². The number of nitrogens with one attached hydrogen (secondary N) is 1. The van der Waals surface area contributed by atoms with Crippen LogP contribution in [0.5, 0.6) is 0 Å². The summed E-state index contributed by atoms with van der Waals surface area (Å²) >= 11 is 0. The molecule has 13 heavy (non-hydrogen) atoms. The SMILES string of the molecule is CCOC(=O)C(C)NC1CC(C)C1. The number of esters is 1. The topological polar surface area (TPSA) is 38.3 Å². The third kappa shape index (κ3) is 2.99. The standard InChI is InChI=1S/C10H19NO2/c1-4-13-10(12)8(3)11-9-5-7(2)6-9/h7-9,11H,4-6H2,1-3H3. The maximum Gasteiger partial charge on any atom is 0.322 e. The average Bonchev–Trinajstić information content (AvgIpc) is 2.02. The Bertz CT molecular complexity index is 176. The Morgan fingerprint density at radius 3 is 2.69 bits per heavy atom. The van der Waals surface area contributed by atoms with E-state index in [0.717, 1.165) is 5.92 Å². The predicted octanol–water partition coefficient (Wildman–Crippen LogP) is 1.33. The van der Waals surface area contributed by atoms with Crippen LogP contribution in [0.25, 0.3) is 0 Å². The summed E-state index contributed by atoms with van der Waals surface area (Å²) in [6.07, 6.45) is 2.37.